The lowest BCUT2D eigenvalue weighted by molar-refractivity contribution is 0.0469. The van der Waals surface area contributed by atoms with E-state index < -0.39 is 21.7 Å². The minimum atomic E-state index is -3.86. The van der Waals surface area contributed by atoms with Crippen molar-refractivity contribution in [2.24, 2.45) is 11.8 Å². The average Bonchev–Trinajstić information content (AvgIpc) is 3.13. The molecule has 170 valence electrons. The number of rotatable bonds is 7. The third-order valence-corrected chi connectivity index (χ3v) is 7.35. The third kappa shape index (κ3) is 5.21. The molecule has 0 radical (unpaired) electrons. The molecule has 4 rings (SSSR count). The fraction of sp³-hybridized carbons (Fsp3) is 0.391. The molecule has 3 aromatic rings. The lowest BCUT2D eigenvalue weighted by Crippen LogP contribution is -2.16. The number of carbonyl (C=O) groups is 1. The van der Waals surface area contributed by atoms with Crippen LogP contribution in [0.4, 0.5) is 5.69 Å². The van der Waals surface area contributed by atoms with Crippen LogP contribution in [0.15, 0.2) is 52.2 Å². The number of H-pyrrole nitrogens is 2. The molecule has 1 saturated carbocycles. The van der Waals surface area contributed by atoms with Gasteiger partial charge in [-0.3, -0.25) is 4.72 Å². The van der Waals surface area contributed by atoms with Gasteiger partial charge in [0.15, 0.2) is 0 Å². The highest BCUT2D eigenvalue weighted by Gasteiger charge is 2.20. The lowest BCUT2D eigenvalue weighted by atomic mass is 9.81. The minimum absolute atomic E-state index is 0.0146. The molecule has 0 bridgehead atoms. The first kappa shape index (κ1) is 22.1. The number of fused-ring (bicyclic) bond motifs is 1. The molecule has 2 aromatic carbocycles. The second-order valence-corrected chi connectivity index (χ2v) is 10.2. The number of ether oxygens (including phenoxy) is 1. The number of sulfonamides is 1. The Labute approximate surface area is 186 Å². The van der Waals surface area contributed by atoms with E-state index in [0.29, 0.717) is 34.8 Å². The van der Waals surface area contributed by atoms with E-state index >= 15 is 0 Å². The first-order valence-electron chi connectivity index (χ1n) is 10.8. The third-order valence-electron chi connectivity index (χ3n) is 5.97. The molecule has 1 aliphatic rings. The van der Waals surface area contributed by atoms with Gasteiger partial charge in [-0.2, -0.15) is 0 Å². The molecule has 0 spiro atoms. The number of anilines is 1. The molecular formula is C23H27N3O5S. The normalized spacial score (nSPS) is 19.0. The summed E-state index contributed by atoms with van der Waals surface area (Å²) in [7, 11) is -3.86. The minimum Gasteiger partial charge on any atom is -0.462 e. The molecule has 0 amide bonds. The van der Waals surface area contributed by atoms with E-state index in [1.165, 1.54) is 68.1 Å². The second kappa shape index (κ2) is 9.20. The molecule has 0 saturated heterocycles. The Bertz CT molecular complexity index is 1260. The number of hydrogen-bond donors (Lipinski definition) is 3. The van der Waals surface area contributed by atoms with Crippen LogP contribution in [0, 0.1) is 11.8 Å². The number of aromatic amines is 2. The standard InChI is InChI=1S/C23H27N3O5S/c1-15-3-2-4-16(13-15)11-12-31-22(27)17-5-7-18(8-6-17)26-32(29,30)19-9-10-20-21(14-19)25-23(28)24-20/h5-10,14-16,26H,2-4,11-13H2,1H3,(H2,24,25,28). The number of imidazole rings is 1. The maximum absolute atomic E-state index is 12.7. The van der Waals surface area contributed by atoms with Gasteiger partial charge < -0.3 is 14.7 Å². The molecule has 1 fully saturated rings. The topological polar surface area (TPSA) is 121 Å². The van der Waals surface area contributed by atoms with Crippen molar-refractivity contribution < 1.29 is 17.9 Å². The molecular weight excluding hydrogens is 430 g/mol. The van der Waals surface area contributed by atoms with Crippen LogP contribution in [0.25, 0.3) is 11.0 Å². The zero-order valence-electron chi connectivity index (χ0n) is 17.9. The van der Waals surface area contributed by atoms with E-state index in [2.05, 4.69) is 21.6 Å². The number of nitrogens with one attached hydrogen (secondary N) is 3. The Morgan fingerprint density at radius 3 is 2.59 bits per heavy atom. The summed E-state index contributed by atoms with van der Waals surface area (Å²) in [5, 5.41) is 0. The van der Waals surface area contributed by atoms with E-state index in [1.807, 2.05) is 0 Å². The van der Waals surface area contributed by atoms with Gasteiger partial charge in [0.05, 0.1) is 28.1 Å². The summed E-state index contributed by atoms with van der Waals surface area (Å²) >= 11 is 0. The molecule has 2 atom stereocenters. The monoisotopic (exact) mass is 457 g/mol. The number of esters is 1. The van der Waals surface area contributed by atoms with Gasteiger partial charge in [-0.1, -0.05) is 26.2 Å². The number of hydrogen-bond acceptors (Lipinski definition) is 5. The number of carbonyl (C=O) groups excluding carboxylic acids is 1. The van der Waals surface area contributed by atoms with Crippen LogP contribution in [0.1, 0.15) is 49.4 Å². The van der Waals surface area contributed by atoms with Crippen molar-refractivity contribution >= 4 is 32.7 Å². The summed E-state index contributed by atoms with van der Waals surface area (Å²) in [6.07, 6.45) is 5.80. The van der Waals surface area contributed by atoms with Crippen molar-refractivity contribution in [2.75, 3.05) is 11.3 Å². The molecule has 32 heavy (non-hydrogen) atoms. The zero-order valence-corrected chi connectivity index (χ0v) is 18.7. The van der Waals surface area contributed by atoms with E-state index in [9.17, 15) is 18.0 Å². The van der Waals surface area contributed by atoms with Crippen molar-refractivity contribution in [1.29, 1.82) is 0 Å². The maximum atomic E-state index is 12.7. The maximum Gasteiger partial charge on any atom is 0.338 e. The largest absolute Gasteiger partial charge is 0.462 e. The first-order valence-corrected chi connectivity index (χ1v) is 12.3. The molecule has 8 nitrogen and oxygen atoms in total. The SMILES string of the molecule is CC1CCCC(CCOC(=O)c2ccc(NS(=O)(=O)c3ccc4[nH]c(=O)[nH]c4c3)cc2)C1. The molecule has 2 unspecified atom stereocenters. The van der Waals surface area contributed by atoms with E-state index in [1.54, 1.807) is 0 Å². The average molecular weight is 458 g/mol. The number of benzene rings is 2. The smallest absolute Gasteiger partial charge is 0.338 e. The Hall–Kier alpha value is -3.07. The van der Waals surface area contributed by atoms with Gasteiger partial charge in [0.2, 0.25) is 0 Å². The van der Waals surface area contributed by atoms with Crippen molar-refractivity contribution in [1.82, 2.24) is 9.97 Å². The summed E-state index contributed by atoms with van der Waals surface area (Å²) in [6, 6.07) is 10.4. The summed E-state index contributed by atoms with van der Waals surface area (Å²) in [6.45, 7) is 2.67. The quantitative estimate of drug-likeness (QED) is 0.463. The van der Waals surface area contributed by atoms with E-state index in [-0.39, 0.29) is 4.90 Å². The molecule has 0 aliphatic heterocycles. The Morgan fingerprint density at radius 1 is 1.09 bits per heavy atom. The van der Waals surface area contributed by atoms with Gasteiger partial charge in [0.25, 0.3) is 10.0 Å². The molecule has 9 heteroatoms. The van der Waals surface area contributed by atoms with E-state index in [4.69, 9.17) is 4.74 Å². The first-order chi connectivity index (χ1) is 15.3. The Kier molecular flexibility index (Phi) is 6.36. The van der Waals surface area contributed by atoms with Gasteiger partial charge in [-0.05, 0) is 67.1 Å². The van der Waals surface area contributed by atoms with Crippen LogP contribution in [0.3, 0.4) is 0 Å². The van der Waals surface area contributed by atoms with Crippen molar-refractivity contribution in [3.63, 3.8) is 0 Å². The number of aromatic nitrogens is 2. The molecule has 1 aliphatic carbocycles. The van der Waals surface area contributed by atoms with Crippen molar-refractivity contribution in [3.05, 3.63) is 58.5 Å². The van der Waals surface area contributed by atoms with Crippen molar-refractivity contribution in [2.45, 2.75) is 43.9 Å². The van der Waals surface area contributed by atoms with Gasteiger partial charge >= 0.3 is 11.7 Å². The van der Waals surface area contributed by atoms with Crippen LogP contribution in [0.2, 0.25) is 0 Å². The fourth-order valence-electron chi connectivity index (χ4n) is 4.29. The Morgan fingerprint density at radius 2 is 1.84 bits per heavy atom. The van der Waals surface area contributed by atoms with Crippen LogP contribution in [-0.4, -0.2) is 31.0 Å². The fourth-order valence-corrected chi connectivity index (χ4v) is 5.38. The van der Waals surface area contributed by atoms with Gasteiger partial charge in [0, 0.05) is 5.69 Å². The summed E-state index contributed by atoms with van der Waals surface area (Å²) < 4.78 is 33.3. The van der Waals surface area contributed by atoms with Crippen molar-refractivity contribution in [3.8, 4) is 0 Å². The van der Waals surface area contributed by atoms with Crippen LogP contribution in [0.5, 0.6) is 0 Å². The predicted octanol–water partition coefficient (Wildman–Crippen LogP) is 4.03. The zero-order chi connectivity index (χ0) is 22.7. The highest BCUT2D eigenvalue weighted by molar-refractivity contribution is 7.92. The molecule has 1 aromatic heterocycles. The van der Waals surface area contributed by atoms with Crippen LogP contribution >= 0.6 is 0 Å². The van der Waals surface area contributed by atoms with Gasteiger partial charge in [0.1, 0.15) is 0 Å². The van der Waals surface area contributed by atoms with Gasteiger partial charge in [-0.25, -0.2) is 18.0 Å². The van der Waals surface area contributed by atoms with Gasteiger partial charge in [-0.15, -0.1) is 0 Å². The summed E-state index contributed by atoms with van der Waals surface area (Å²) in [4.78, 5) is 28.8. The molecule has 3 N–H and O–H groups in total. The summed E-state index contributed by atoms with van der Waals surface area (Å²) in [5.41, 5.74) is 1.21. The summed E-state index contributed by atoms with van der Waals surface area (Å²) in [5.74, 6) is 0.949. The Balaban J connectivity index is 1.35. The highest BCUT2D eigenvalue weighted by Crippen LogP contribution is 2.30. The van der Waals surface area contributed by atoms with Crippen LogP contribution in [-0.2, 0) is 14.8 Å². The second-order valence-electron chi connectivity index (χ2n) is 8.53. The van der Waals surface area contributed by atoms with Crippen LogP contribution < -0.4 is 10.4 Å². The van der Waals surface area contributed by atoms with E-state index in [0.717, 1.165) is 12.3 Å². The highest BCUT2D eigenvalue weighted by atomic mass is 32.2. The molecule has 1 heterocycles. The lowest BCUT2D eigenvalue weighted by Gasteiger charge is -2.26. The predicted molar refractivity (Wildman–Crippen MR) is 122 cm³/mol.